The largest absolute Gasteiger partial charge is 0.482 e. The van der Waals surface area contributed by atoms with Crippen LogP contribution in [0.15, 0.2) is 48.5 Å². The van der Waals surface area contributed by atoms with Crippen molar-refractivity contribution < 1.29 is 14.3 Å². The van der Waals surface area contributed by atoms with E-state index in [2.05, 4.69) is 5.32 Å². The van der Waals surface area contributed by atoms with E-state index in [0.717, 1.165) is 12.0 Å². The van der Waals surface area contributed by atoms with Gasteiger partial charge in [-0.15, -0.1) is 0 Å². The zero-order valence-electron chi connectivity index (χ0n) is 17.5. The molecule has 0 spiro atoms. The third-order valence-electron chi connectivity index (χ3n) is 4.84. The minimum Gasteiger partial charge on any atom is -0.482 e. The number of para-hydroxylation sites is 1. The van der Waals surface area contributed by atoms with E-state index in [1.807, 2.05) is 32.9 Å². The first-order valence-corrected chi connectivity index (χ1v) is 10.8. The zero-order chi connectivity index (χ0) is 22.1. The molecule has 0 aliphatic heterocycles. The Morgan fingerprint density at radius 3 is 2.30 bits per heavy atom. The molecule has 162 valence electrons. The zero-order valence-corrected chi connectivity index (χ0v) is 19.0. The SMILES string of the molecule is CC[C@H](C)NC(=O)[C@H](CC)N(Cc1ccc(Cl)cc1)C(=O)COc1ccccc1Cl. The summed E-state index contributed by atoms with van der Waals surface area (Å²) < 4.78 is 5.64. The first-order valence-electron chi connectivity index (χ1n) is 10.1. The van der Waals surface area contributed by atoms with E-state index in [4.69, 9.17) is 27.9 Å². The Kier molecular flexibility index (Phi) is 9.47. The molecule has 2 amide bonds. The summed E-state index contributed by atoms with van der Waals surface area (Å²) in [4.78, 5) is 27.5. The molecule has 0 bridgehead atoms. The Balaban J connectivity index is 2.21. The number of carbonyl (C=O) groups is 2. The predicted molar refractivity (Wildman–Crippen MR) is 121 cm³/mol. The summed E-state index contributed by atoms with van der Waals surface area (Å²) in [6.45, 7) is 5.88. The number of halogens is 2. The Bertz CT molecular complexity index is 843. The van der Waals surface area contributed by atoms with Gasteiger partial charge >= 0.3 is 0 Å². The number of carbonyl (C=O) groups excluding carboxylic acids is 2. The van der Waals surface area contributed by atoms with Gasteiger partial charge < -0.3 is 15.0 Å². The summed E-state index contributed by atoms with van der Waals surface area (Å²) in [5.41, 5.74) is 0.875. The number of amides is 2. The number of nitrogens with zero attached hydrogens (tertiary/aromatic N) is 1. The Morgan fingerprint density at radius 1 is 1.03 bits per heavy atom. The van der Waals surface area contributed by atoms with E-state index in [1.54, 1.807) is 41.3 Å². The van der Waals surface area contributed by atoms with Crippen LogP contribution in [0, 0.1) is 0 Å². The van der Waals surface area contributed by atoms with Gasteiger partial charge in [-0.3, -0.25) is 9.59 Å². The second-order valence-electron chi connectivity index (χ2n) is 7.11. The summed E-state index contributed by atoms with van der Waals surface area (Å²) in [5.74, 6) is -0.0426. The summed E-state index contributed by atoms with van der Waals surface area (Å²) >= 11 is 12.1. The molecule has 5 nitrogen and oxygen atoms in total. The fourth-order valence-electron chi connectivity index (χ4n) is 2.93. The number of nitrogens with one attached hydrogen (secondary N) is 1. The molecule has 0 aliphatic carbocycles. The molecule has 2 atom stereocenters. The van der Waals surface area contributed by atoms with Gasteiger partial charge in [-0.05, 0) is 49.6 Å². The van der Waals surface area contributed by atoms with Gasteiger partial charge in [0.1, 0.15) is 11.8 Å². The monoisotopic (exact) mass is 450 g/mol. The van der Waals surface area contributed by atoms with Crippen LogP contribution in [0.5, 0.6) is 5.75 Å². The normalized spacial score (nSPS) is 12.7. The molecule has 0 radical (unpaired) electrons. The van der Waals surface area contributed by atoms with Crippen LogP contribution < -0.4 is 10.1 Å². The van der Waals surface area contributed by atoms with Crippen LogP contribution >= 0.6 is 23.2 Å². The quantitative estimate of drug-likeness (QED) is 0.547. The molecule has 1 N–H and O–H groups in total. The fourth-order valence-corrected chi connectivity index (χ4v) is 3.25. The second kappa shape index (κ2) is 11.8. The Hall–Kier alpha value is -2.24. The van der Waals surface area contributed by atoms with Gasteiger partial charge in [0.2, 0.25) is 5.91 Å². The lowest BCUT2D eigenvalue weighted by molar-refractivity contribution is -0.143. The lowest BCUT2D eigenvalue weighted by atomic mass is 10.1. The van der Waals surface area contributed by atoms with Crippen molar-refractivity contribution in [2.75, 3.05) is 6.61 Å². The Morgan fingerprint density at radius 2 is 1.70 bits per heavy atom. The van der Waals surface area contributed by atoms with E-state index in [1.165, 1.54) is 0 Å². The van der Waals surface area contributed by atoms with Crippen molar-refractivity contribution in [2.45, 2.75) is 52.2 Å². The molecule has 0 saturated carbocycles. The van der Waals surface area contributed by atoms with Crippen molar-refractivity contribution >= 4 is 35.0 Å². The average Bonchev–Trinajstić information content (AvgIpc) is 2.74. The molecule has 2 aromatic rings. The number of benzene rings is 2. The van der Waals surface area contributed by atoms with Crippen molar-refractivity contribution in [1.82, 2.24) is 10.2 Å². The van der Waals surface area contributed by atoms with Crippen LogP contribution in [0.4, 0.5) is 0 Å². The molecule has 2 aromatic carbocycles. The maximum absolute atomic E-state index is 13.1. The van der Waals surface area contributed by atoms with Crippen LogP contribution in [-0.4, -0.2) is 35.4 Å². The van der Waals surface area contributed by atoms with Gasteiger partial charge in [-0.25, -0.2) is 0 Å². The first kappa shape index (κ1) is 24.0. The number of ether oxygens (including phenoxy) is 1. The second-order valence-corrected chi connectivity index (χ2v) is 7.95. The first-order chi connectivity index (χ1) is 14.3. The highest BCUT2D eigenvalue weighted by molar-refractivity contribution is 6.32. The Labute approximate surface area is 188 Å². The maximum Gasteiger partial charge on any atom is 0.261 e. The highest BCUT2D eigenvalue weighted by atomic mass is 35.5. The molecule has 0 fully saturated rings. The summed E-state index contributed by atoms with van der Waals surface area (Å²) in [5, 5.41) is 4.02. The maximum atomic E-state index is 13.1. The molecule has 30 heavy (non-hydrogen) atoms. The van der Waals surface area contributed by atoms with E-state index in [-0.39, 0.29) is 31.0 Å². The van der Waals surface area contributed by atoms with Crippen LogP contribution in [0.2, 0.25) is 10.0 Å². The summed E-state index contributed by atoms with van der Waals surface area (Å²) in [6.07, 6.45) is 1.29. The molecule has 0 heterocycles. The third kappa shape index (κ3) is 6.92. The molecular weight excluding hydrogens is 423 g/mol. The van der Waals surface area contributed by atoms with Crippen LogP contribution in [-0.2, 0) is 16.1 Å². The lowest BCUT2D eigenvalue weighted by Crippen LogP contribution is -2.51. The van der Waals surface area contributed by atoms with Gasteiger partial charge in [-0.1, -0.05) is 61.3 Å². The van der Waals surface area contributed by atoms with Gasteiger partial charge in [0.15, 0.2) is 6.61 Å². The smallest absolute Gasteiger partial charge is 0.261 e. The number of hydrogen-bond acceptors (Lipinski definition) is 3. The van der Waals surface area contributed by atoms with Gasteiger partial charge in [-0.2, -0.15) is 0 Å². The van der Waals surface area contributed by atoms with Crippen LogP contribution in [0.3, 0.4) is 0 Å². The van der Waals surface area contributed by atoms with Gasteiger partial charge in [0, 0.05) is 17.6 Å². The molecular formula is C23H28Cl2N2O3. The van der Waals surface area contributed by atoms with Crippen molar-refractivity contribution in [2.24, 2.45) is 0 Å². The molecule has 0 aromatic heterocycles. The van der Waals surface area contributed by atoms with Gasteiger partial charge in [0.25, 0.3) is 5.91 Å². The van der Waals surface area contributed by atoms with E-state index < -0.39 is 6.04 Å². The van der Waals surface area contributed by atoms with Crippen molar-refractivity contribution in [1.29, 1.82) is 0 Å². The summed E-state index contributed by atoms with van der Waals surface area (Å²) in [7, 11) is 0. The molecule has 0 aliphatic rings. The minimum atomic E-state index is -0.614. The topological polar surface area (TPSA) is 58.6 Å². The minimum absolute atomic E-state index is 0.0263. The fraction of sp³-hybridized carbons (Fsp3) is 0.391. The molecule has 0 unspecified atom stereocenters. The predicted octanol–water partition coefficient (Wildman–Crippen LogP) is 5.09. The van der Waals surface area contributed by atoms with E-state index in [0.29, 0.717) is 22.2 Å². The number of rotatable bonds is 10. The average molecular weight is 451 g/mol. The molecule has 2 rings (SSSR count). The summed E-state index contributed by atoms with van der Waals surface area (Å²) in [6, 6.07) is 13.6. The third-order valence-corrected chi connectivity index (χ3v) is 5.41. The number of hydrogen-bond donors (Lipinski definition) is 1. The molecule has 0 saturated heterocycles. The highest BCUT2D eigenvalue weighted by Gasteiger charge is 2.29. The van der Waals surface area contributed by atoms with Crippen LogP contribution in [0.25, 0.3) is 0 Å². The van der Waals surface area contributed by atoms with Crippen molar-refractivity contribution in [3.8, 4) is 5.75 Å². The highest BCUT2D eigenvalue weighted by Crippen LogP contribution is 2.23. The standard InChI is InChI=1S/C23H28Cl2N2O3/c1-4-16(3)26-23(29)20(5-2)27(14-17-10-12-18(24)13-11-17)22(28)15-30-21-9-7-6-8-19(21)25/h6-13,16,20H,4-5,14-15H2,1-3H3,(H,26,29)/t16-,20-/m0/s1. The van der Waals surface area contributed by atoms with Crippen LogP contribution in [0.1, 0.15) is 39.2 Å². The molecule has 7 heteroatoms. The van der Waals surface area contributed by atoms with Crippen molar-refractivity contribution in [3.05, 3.63) is 64.1 Å². The van der Waals surface area contributed by atoms with E-state index >= 15 is 0 Å². The van der Waals surface area contributed by atoms with E-state index in [9.17, 15) is 9.59 Å². The van der Waals surface area contributed by atoms with Crippen molar-refractivity contribution in [3.63, 3.8) is 0 Å². The van der Waals surface area contributed by atoms with Gasteiger partial charge in [0.05, 0.1) is 5.02 Å². The lowest BCUT2D eigenvalue weighted by Gasteiger charge is -2.31.